The van der Waals surface area contributed by atoms with E-state index in [9.17, 15) is 69.0 Å². The molecule has 5 amide bonds. The molecule has 4 rings (SSSR count). The number of urea groups is 1. The predicted molar refractivity (Wildman–Crippen MR) is 236 cm³/mol. The van der Waals surface area contributed by atoms with E-state index in [-0.39, 0.29) is 45.0 Å². The Bertz CT molecular complexity index is 2110. The third-order valence-electron chi connectivity index (χ3n) is 11.6. The molecule has 2 fully saturated rings. The van der Waals surface area contributed by atoms with Crippen molar-refractivity contribution < 1.29 is 78.4 Å². The zero-order chi connectivity index (χ0) is 51.4. The lowest BCUT2D eigenvalue weighted by atomic mass is 9.97. The Labute approximate surface area is 394 Å². The number of hydrogen-bond acceptors (Lipinski definition) is 20. The third kappa shape index (κ3) is 14.6. The summed E-state index contributed by atoms with van der Waals surface area (Å²) < 4.78 is 24.0. The number of aliphatic hydroxyl groups excluding tert-OH is 4. The highest BCUT2D eigenvalue weighted by atomic mass is 16.7. The first-order chi connectivity index (χ1) is 32.5. The number of nitrogens with one attached hydrogen (secondary N) is 8. The number of H-pyrrole nitrogens is 1. The maximum absolute atomic E-state index is 13.9. The van der Waals surface area contributed by atoms with E-state index >= 15 is 0 Å². The van der Waals surface area contributed by atoms with Gasteiger partial charge in [0.05, 0.1) is 12.1 Å². The van der Waals surface area contributed by atoms with E-state index < -0.39 is 150 Å². The number of aliphatic carboxylic acids is 2. The fourth-order valence-electron chi connectivity index (χ4n) is 7.80. The average Bonchev–Trinajstić information content (AvgIpc) is 3.74. The molecule has 1 aromatic rings. The standard InChI is InChI=1S/C40H65N11O18/c1-15(2)21(35(60)61)49-39(64)50-22(18-8-12-44-38(41)46-18)33(59)48-23(25(54)16(3)4)32(58)43-11-7-10-42-24(36(62)63)29(69-37-31(66-6)26(55)19(67-37)14-45-17(5)52)30-27(56)28(57)34(68-30)51-13-9-20(53)47-40(51)65/h9,13,15-16,18-19,21-31,34,37,42,54-57H,7-8,10-12,14H2,1-6H3,(H,43,58)(H,45,52)(H,48,59)(H,60,61)(H,62,63)(H3,41,44,46)(H,47,53,65)(H2,49,50,64)/t18?,19-,21?,22?,23?,24?,25?,26+,27+,28-,29?,30+,31-,34-,37-/m1/s1. The van der Waals surface area contributed by atoms with Crippen LogP contribution in [0.5, 0.6) is 0 Å². The summed E-state index contributed by atoms with van der Waals surface area (Å²) in [6.07, 6.45) is -14.9. The first-order valence-electron chi connectivity index (χ1n) is 22.1. The number of aromatic nitrogens is 2. The van der Waals surface area contributed by atoms with Crippen molar-refractivity contribution in [2.75, 3.05) is 33.3 Å². The number of aromatic amines is 1. The maximum Gasteiger partial charge on any atom is 0.330 e. The summed E-state index contributed by atoms with van der Waals surface area (Å²) in [5, 5.41) is 82.4. The fraction of sp³-hybridized carbons (Fsp3) is 0.725. The number of aliphatic imine (C=N–C) groups is 1. The highest BCUT2D eigenvalue weighted by molar-refractivity contribution is 5.94. The van der Waals surface area contributed by atoms with E-state index in [4.69, 9.17) is 24.7 Å². The number of carbonyl (C=O) groups excluding carboxylic acids is 4. The second-order valence-corrected chi connectivity index (χ2v) is 17.4. The molecule has 0 saturated carbocycles. The summed E-state index contributed by atoms with van der Waals surface area (Å²) in [5.41, 5.74) is 4.04. The van der Waals surface area contributed by atoms with Crippen molar-refractivity contribution in [1.29, 1.82) is 0 Å². The Balaban J connectivity index is 1.52. The van der Waals surface area contributed by atoms with Crippen LogP contribution in [0.25, 0.3) is 0 Å². The van der Waals surface area contributed by atoms with E-state index in [2.05, 4.69) is 42.2 Å². The van der Waals surface area contributed by atoms with Crippen LogP contribution in [0.2, 0.25) is 0 Å². The van der Waals surface area contributed by atoms with Gasteiger partial charge < -0.3 is 92.5 Å². The molecule has 7 unspecified atom stereocenters. The van der Waals surface area contributed by atoms with Gasteiger partial charge in [0.2, 0.25) is 17.7 Å². The number of nitrogens with two attached hydrogens (primary N) is 1. The molecule has 388 valence electrons. The summed E-state index contributed by atoms with van der Waals surface area (Å²) in [7, 11) is 1.20. The molecule has 1 aromatic heterocycles. The van der Waals surface area contributed by atoms with Crippen LogP contribution >= 0.6 is 0 Å². The van der Waals surface area contributed by atoms with Crippen molar-refractivity contribution in [3.8, 4) is 0 Å². The SMILES string of the molecule is CO[C@H]1[C@@H](OC(C(NCCCNC(=O)C(NC(=O)C(NC(=O)NC(C(=O)O)C(C)C)C2CCN=C(N)N2)C(O)C(C)C)C(=O)O)[C@H]2O[C@@H](n3ccc(=O)[nH]c3=O)[C@H](O)[C@@H]2O)O[C@H](CNC(C)=O)[C@@H]1O. The number of hydrogen-bond donors (Lipinski definition) is 15. The molecule has 29 nitrogen and oxygen atoms in total. The van der Waals surface area contributed by atoms with E-state index in [0.717, 1.165) is 16.8 Å². The van der Waals surface area contributed by atoms with Gasteiger partial charge in [-0.2, -0.15) is 0 Å². The second-order valence-electron chi connectivity index (χ2n) is 17.4. The molecule has 69 heavy (non-hydrogen) atoms. The average molecular weight is 988 g/mol. The molecule has 29 heteroatoms. The van der Waals surface area contributed by atoms with Gasteiger partial charge in [-0.1, -0.05) is 27.7 Å². The van der Waals surface area contributed by atoms with E-state index in [1.807, 2.05) is 4.98 Å². The molecular weight excluding hydrogens is 922 g/mol. The van der Waals surface area contributed by atoms with Crippen molar-refractivity contribution in [2.45, 2.75) is 139 Å². The number of carboxylic acids is 2. The lowest BCUT2D eigenvalue weighted by molar-refractivity contribution is -0.231. The maximum atomic E-state index is 13.9. The van der Waals surface area contributed by atoms with Crippen LogP contribution in [-0.2, 0) is 42.9 Å². The zero-order valence-electron chi connectivity index (χ0n) is 38.8. The van der Waals surface area contributed by atoms with E-state index in [1.54, 1.807) is 27.7 Å². The molecule has 0 spiro atoms. The quantitative estimate of drug-likeness (QED) is 0.0428. The van der Waals surface area contributed by atoms with Crippen molar-refractivity contribution in [3.05, 3.63) is 33.1 Å². The topological polar surface area (TPSA) is 438 Å². The van der Waals surface area contributed by atoms with Gasteiger partial charge in [-0.25, -0.2) is 14.4 Å². The van der Waals surface area contributed by atoms with Gasteiger partial charge in [-0.05, 0) is 31.2 Å². The first kappa shape index (κ1) is 55.8. The summed E-state index contributed by atoms with van der Waals surface area (Å²) in [4.78, 5) is 108. The first-order valence-corrected chi connectivity index (χ1v) is 22.1. The summed E-state index contributed by atoms with van der Waals surface area (Å²) in [5.74, 6) is -6.39. The lowest BCUT2D eigenvalue weighted by Gasteiger charge is -2.34. The van der Waals surface area contributed by atoms with Crippen molar-refractivity contribution >= 4 is 41.7 Å². The van der Waals surface area contributed by atoms with Crippen LogP contribution in [0, 0.1) is 11.8 Å². The van der Waals surface area contributed by atoms with Crippen LogP contribution in [-0.4, -0.2) is 200 Å². The van der Waals surface area contributed by atoms with Crippen LogP contribution < -0.4 is 54.2 Å². The number of rotatable bonds is 24. The van der Waals surface area contributed by atoms with Gasteiger partial charge in [0.15, 0.2) is 18.5 Å². The number of nitrogens with zero attached hydrogens (tertiary/aromatic N) is 2. The Hall–Kier alpha value is -5.79. The van der Waals surface area contributed by atoms with Crippen molar-refractivity contribution in [1.82, 2.24) is 46.8 Å². The van der Waals surface area contributed by atoms with Gasteiger partial charge in [0.1, 0.15) is 66.9 Å². The smallest absolute Gasteiger partial charge is 0.330 e. The number of carboxylic acid groups (broad SMARTS) is 2. The van der Waals surface area contributed by atoms with Gasteiger partial charge in [0, 0.05) is 45.9 Å². The van der Waals surface area contributed by atoms with Gasteiger partial charge in [-0.15, -0.1) is 0 Å². The molecule has 3 aliphatic rings. The van der Waals surface area contributed by atoms with Crippen LogP contribution in [0.1, 0.15) is 53.7 Å². The fourth-order valence-corrected chi connectivity index (χ4v) is 7.80. The summed E-state index contributed by atoms with van der Waals surface area (Å²) in [6.45, 7) is 7.02. The van der Waals surface area contributed by atoms with Crippen molar-refractivity contribution in [3.63, 3.8) is 0 Å². The van der Waals surface area contributed by atoms with Crippen LogP contribution in [0.3, 0.4) is 0 Å². The molecule has 4 heterocycles. The molecule has 2 saturated heterocycles. The molecule has 3 aliphatic heterocycles. The number of aliphatic hydroxyl groups is 4. The number of methoxy groups -OCH3 is 1. The lowest BCUT2D eigenvalue weighted by Crippen LogP contribution is -2.66. The van der Waals surface area contributed by atoms with E-state index in [0.29, 0.717) is 0 Å². The number of amides is 5. The van der Waals surface area contributed by atoms with Gasteiger partial charge >= 0.3 is 23.7 Å². The number of guanidine groups is 1. The van der Waals surface area contributed by atoms with Crippen molar-refractivity contribution in [2.24, 2.45) is 22.6 Å². The zero-order valence-corrected chi connectivity index (χ0v) is 38.8. The molecule has 0 aromatic carbocycles. The predicted octanol–water partition coefficient (Wildman–Crippen LogP) is -6.72. The normalized spacial score (nSPS) is 27.2. The molecule has 0 aliphatic carbocycles. The minimum atomic E-state index is -1.95. The molecule has 15 atom stereocenters. The van der Waals surface area contributed by atoms with Crippen LogP contribution in [0.15, 0.2) is 26.8 Å². The van der Waals surface area contributed by atoms with Gasteiger partial charge in [0.25, 0.3) is 5.56 Å². The Morgan fingerprint density at radius 1 is 0.899 bits per heavy atom. The number of carbonyl (C=O) groups is 6. The minimum Gasteiger partial charge on any atom is -0.480 e. The minimum absolute atomic E-state index is 0.0412. The third-order valence-corrected chi connectivity index (χ3v) is 11.6. The molecule has 0 radical (unpaired) electrons. The Kier molecular flexibility index (Phi) is 20.4. The molecular formula is C40H65N11O18. The van der Waals surface area contributed by atoms with Gasteiger partial charge in [-0.3, -0.25) is 38.5 Å². The monoisotopic (exact) mass is 987 g/mol. The Morgan fingerprint density at radius 3 is 2.16 bits per heavy atom. The second kappa shape index (κ2) is 25.2. The largest absolute Gasteiger partial charge is 0.480 e. The molecule has 0 bridgehead atoms. The van der Waals surface area contributed by atoms with Crippen LogP contribution in [0.4, 0.5) is 4.79 Å². The van der Waals surface area contributed by atoms with E-state index in [1.165, 1.54) is 14.0 Å². The highest BCUT2D eigenvalue weighted by Crippen LogP contribution is 2.35. The summed E-state index contributed by atoms with van der Waals surface area (Å²) in [6, 6.07) is -7.22. The molecule has 16 N–H and O–H groups in total. The highest BCUT2D eigenvalue weighted by Gasteiger charge is 2.54. The summed E-state index contributed by atoms with van der Waals surface area (Å²) >= 11 is 0. The Morgan fingerprint density at radius 2 is 1.58 bits per heavy atom. The number of ether oxygens (including phenoxy) is 4.